The second-order valence-electron chi connectivity index (χ2n) is 17.2. The van der Waals surface area contributed by atoms with Crippen LogP contribution in [0.25, 0.3) is 72.8 Å². The van der Waals surface area contributed by atoms with Crippen molar-refractivity contribution in [1.29, 1.82) is 0 Å². The molecule has 0 saturated heterocycles. The van der Waals surface area contributed by atoms with Crippen molar-refractivity contribution in [3.05, 3.63) is 156 Å². The van der Waals surface area contributed by atoms with E-state index in [1.54, 1.807) is 0 Å². The van der Waals surface area contributed by atoms with Crippen molar-refractivity contribution in [3.63, 3.8) is 0 Å². The zero-order chi connectivity index (χ0) is 37.0. The molecule has 0 aliphatic heterocycles. The second-order valence-corrected chi connectivity index (χ2v) is 17.2. The van der Waals surface area contributed by atoms with Crippen LogP contribution in [0.15, 0.2) is 133 Å². The molecule has 0 atom stereocenters. The van der Waals surface area contributed by atoms with Crippen molar-refractivity contribution in [2.75, 3.05) is 0 Å². The van der Waals surface area contributed by atoms with Gasteiger partial charge in [-0.25, -0.2) is 15.0 Å². The first-order valence-corrected chi connectivity index (χ1v) is 19.2. The van der Waals surface area contributed by atoms with E-state index in [4.69, 9.17) is 15.0 Å². The van der Waals surface area contributed by atoms with Crippen LogP contribution in [-0.4, -0.2) is 19.5 Å². The molecule has 2 aliphatic carbocycles. The monoisotopic (exact) mass is 700 g/mol. The normalized spacial score (nSPS) is 16.3. The van der Waals surface area contributed by atoms with Crippen LogP contribution in [-0.2, 0) is 16.2 Å². The fourth-order valence-corrected chi connectivity index (χ4v) is 9.28. The Hall–Kier alpha value is -5.87. The largest absolute Gasteiger partial charge is 0.309 e. The fraction of sp³-hybridized carbons (Fsp3) is 0.220. The predicted octanol–water partition coefficient (Wildman–Crippen LogP) is 12.6. The standard InChI is InChI=1S/C50H44N4/c1-48(2)26-27-49(3,4)42-30-44-38(29-41(42)48)36-17-11-13-19-43(36)54(44)34-23-20-32(21-24-34)46-51-45(31-14-8-7-9-15-31)52-47(53-46)33-22-25-40-37(28-33)35-16-10-12-18-39(35)50(40,5)6/h7-25,28-30H,26-27H2,1-6H3. The number of aromatic nitrogens is 4. The lowest BCUT2D eigenvalue weighted by Crippen LogP contribution is -2.33. The van der Waals surface area contributed by atoms with Gasteiger partial charge in [0.25, 0.3) is 0 Å². The third-order valence-corrected chi connectivity index (χ3v) is 12.5. The van der Waals surface area contributed by atoms with Crippen LogP contribution < -0.4 is 0 Å². The number of benzene rings is 6. The Balaban J connectivity index is 1.11. The van der Waals surface area contributed by atoms with Crippen LogP contribution in [0.1, 0.15) is 76.6 Å². The van der Waals surface area contributed by atoms with Gasteiger partial charge in [-0.2, -0.15) is 0 Å². The maximum atomic E-state index is 5.16. The molecule has 0 fully saturated rings. The van der Waals surface area contributed by atoms with Crippen LogP contribution in [0.4, 0.5) is 0 Å². The molecule has 0 spiro atoms. The van der Waals surface area contributed by atoms with Gasteiger partial charge in [-0.3, -0.25) is 0 Å². The third kappa shape index (κ3) is 4.92. The van der Waals surface area contributed by atoms with Gasteiger partial charge in [0.15, 0.2) is 17.5 Å². The van der Waals surface area contributed by atoms with E-state index in [1.807, 2.05) is 18.2 Å². The maximum Gasteiger partial charge on any atom is 0.164 e. The Morgan fingerprint density at radius 2 is 0.981 bits per heavy atom. The summed E-state index contributed by atoms with van der Waals surface area (Å²) in [7, 11) is 0. The molecule has 4 nitrogen and oxygen atoms in total. The van der Waals surface area contributed by atoms with E-state index in [1.165, 1.54) is 68.0 Å². The minimum atomic E-state index is -0.0613. The average molecular weight is 701 g/mol. The first-order valence-electron chi connectivity index (χ1n) is 19.2. The molecule has 54 heavy (non-hydrogen) atoms. The summed E-state index contributed by atoms with van der Waals surface area (Å²) >= 11 is 0. The number of para-hydroxylation sites is 1. The summed E-state index contributed by atoms with van der Waals surface area (Å²) in [5.41, 5.74) is 14.9. The first-order chi connectivity index (χ1) is 26.0. The lowest BCUT2D eigenvalue weighted by atomic mass is 9.63. The first kappa shape index (κ1) is 32.8. The quantitative estimate of drug-likeness (QED) is 0.184. The Kier molecular flexibility index (Phi) is 7.01. The van der Waals surface area contributed by atoms with E-state index in [2.05, 4.69) is 161 Å². The zero-order valence-electron chi connectivity index (χ0n) is 31.9. The second kappa shape index (κ2) is 11.6. The molecule has 2 heterocycles. The lowest BCUT2D eigenvalue weighted by Gasteiger charge is -2.42. The topological polar surface area (TPSA) is 43.6 Å². The van der Waals surface area contributed by atoms with Crippen molar-refractivity contribution < 1.29 is 0 Å². The Bertz CT molecular complexity index is 2780. The van der Waals surface area contributed by atoms with Crippen molar-refractivity contribution in [2.24, 2.45) is 0 Å². The van der Waals surface area contributed by atoms with E-state index < -0.39 is 0 Å². The SMILES string of the molecule is CC1(C)CCC(C)(C)c2cc3c(cc21)c1ccccc1n3-c1ccc(-c2nc(-c3ccccc3)nc(-c3ccc4c(c3)-c3ccccc3C4(C)C)n2)cc1. The van der Waals surface area contributed by atoms with Gasteiger partial charge in [0.2, 0.25) is 0 Å². The summed E-state index contributed by atoms with van der Waals surface area (Å²) < 4.78 is 2.44. The highest BCUT2D eigenvalue weighted by Gasteiger charge is 2.38. The average Bonchev–Trinajstić information content (AvgIpc) is 3.64. The van der Waals surface area contributed by atoms with E-state index >= 15 is 0 Å². The summed E-state index contributed by atoms with van der Waals surface area (Å²) in [5.74, 6) is 2.00. The van der Waals surface area contributed by atoms with Gasteiger partial charge in [0.1, 0.15) is 0 Å². The molecule has 0 unspecified atom stereocenters. The molecule has 6 aromatic carbocycles. The Labute approximate surface area is 317 Å². The highest BCUT2D eigenvalue weighted by molar-refractivity contribution is 6.10. The number of hydrogen-bond acceptors (Lipinski definition) is 3. The summed E-state index contributed by atoms with van der Waals surface area (Å²) in [4.78, 5) is 15.3. The molecule has 0 saturated carbocycles. The van der Waals surface area contributed by atoms with Crippen molar-refractivity contribution in [1.82, 2.24) is 19.5 Å². The Morgan fingerprint density at radius 3 is 1.70 bits per heavy atom. The van der Waals surface area contributed by atoms with E-state index in [9.17, 15) is 0 Å². The molecule has 0 radical (unpaired) electrons. The summed E-state index contributed by atoms with van der Waals surface area (Å²) in [6, 6.07) is 48.2. The van der Waals surface area contributed by atoms with Crippen LogP contribution in [0.3, 0.4) is 0 Å². The van der Waals surface area contributed by atoms with E-state index in [-0.39, 0.29) is 16.2 Å². The van der Waals surface area contributed by atoms with Crippen LogP contribution in [0, 0.1) is 0 Å². The molecular formula is C50H44N4. The molecule has 0 bridgehead atoms. The zero-order valence-corrected chi connectivity index (χ0v) is 31.9. The van der Waals surface area contributed by atoms with Gasteiger partial charge in [-0.05, 0) is 106 Å². The third-order valence-electron chi connectivity index (χ3n) is 12.5. The lowest BCUT2D eigenvalue weighted by molar-refractivity contribution is 0.332. The minimum absolute atomic E-state index is 0.0613. The number of rotatable bonds is 4. The maximum absolute atomic E-state index is 5.16. The van der Waals surface area contributed by atoms with Crippen LogP contribution >= 0.6 is 0 Å². The van der Waals surface area contributed by atoms with E-state index in [0.29, 0.717) is 17.5 Å². The molecular weight excluding hydrogens is 657 g/mol. The van der Waals surface area contributed by atoms with Gasteiger partial charge in [0.05, 0.1) is 11.0 Å². The van der Waals surface area contributed by atoms with Gasteiger partial charge in [-0.15, -0.1) is 0 Å². The van der Waals surface area contributed by atoms with Gasteiger partial charge >= 0.3 is 0 Å². The van der Waals surface area contributed by atoms with Gasteiger partial charge in [-0.1, -0.05) is 126 Å². The summed E-state index contributed by atoms with van der Waals surface area (Å²) in [5, 5.41) is 2.60. The highest BCUT2D eigenvalue weighted by atomic mass is 15.0. The van der Waals surface area contributed by atoms with Crippen molar-refractivity contribution >= 4 is 21.8 Å². The van der Waals surface area contributed by atoms with Crippen molar-refractivity contribution in [3.8, 4) is 51.0 Å². The highest BCUT2D eigenvalue weighted by Crippen LogP contribution is 2.50. The van der Waals surface area contributed by atoms with E-state index in [0.717, 1.165) is 22.4 Å². The summed E-state index contributed by atoms with van der Waals surface area (Å²) in [6.45, 7) is 14.2. The summed E-state index contributed by atoms with van der Waals surface area (Å²) in [6.07, 6.45) is 2.38. The molecule has 2 aromatic heterocycles. The molecule has 0 amide bonds. The Morgan fingerprint density at radius 1 is 0.426 bits per heavy atom. The minimum Gasteiger partial charge on any atom is -0.309 e. The molecule has 10 rings (SSSR count). The van der Waals surface area contributed by atoms with Crippen LogP contribution in [0.2, 0.25) is 0 Å². The van der Waals surface area contributed by atoms with Gasteiger partial charge < -0.3 is 4.57 Å². The molecule has 2 aliphatic rings. The number of nitrogens with zero attached hydrogens (tertiary/aromatic N) is 4. The number of hydrogen-bond donors (Lipinski definition) is 0. The smallest absolute Gasteiger partial charge is 0.164 e. The van der Waals surface area contributed by atoms with Crippen molar-refractivity contribution in [2.45, 2.75) is 70.6 Å². The van der Waals surface area contributed by atoms with Crippen LogP contribution in [0.5, 0.6) is 0 Å². The number of fused-ring (bicyclic) bond motifs is 7. The molecule has 8 aromatic rings. The predicted molar refractivity (Wildman–Crippen MR) is 223 cm³/mol. The molecule has 264 valence electrons. The van der Waals surface area contributed by atoms with Gasteiger partial charge in [0, 0.05) is 38.6 Å². The molecule has 4 heteroatoms. The molecule has 0 N–H and O–H groups in total. The fourth-order valence-electron chi connectivity index (χ4n) is 9.28.